The lowest BCUT2D eigenvalue weighted by atomic mass is 10.1. The van der Waals surface area contributed by atoms with Crippen LogP contribution in [0.5, 0.6) is 0 Å². The van der Waals surface area contributed by atoms with Gasteiger partial charge in [-0.2, -0.15) is 9.78 Å². The number of carbonyl (C=O) groups is 1. The van der Waals surface area contributed by atoms with Crippen LogP contribution in [0.4, 0.5) is 10.1 Å². The van der Waals surface area contributed by atoms with Crippen molar-refractivity contribution >= 4 is 11.6 Å². The zero-order valence-corrected chi connectivity index (χ0v) is 16.8. The van der Waals surface area contributed by atoms with Crippen LogP contribution in [0.2, 0.25) is 0 Å². The van der Waals surface area contributed by atoms with Crippen LogP contribution in [-0.2, 0) is 11.2 Å². The third kappa shape index (κ3) is 3.69. The Morgan fingerprint density at radius 2 is 1.83 bits per heavy atom. The maximum atomic E-state index is 14.2. The molecule has 0 spiro atoms. The van der Waals surface area contributed by atoms with Gasteiger partial charge in [0.1, 0.15) is 11.5 Å². The molecule has 0 atom stereocenters. The minimum absolute atomic E-state index is 0.154. The number of benzene rings is 2. The molecule has 0 unspecified atom stereocenters. The van der Waals surface area contributed by atoms with Crippen LogP contribution in [0.25, 0.3) is 11.4 Å². The number of carbonyl (C=O) groups excluding carboxylic acids is 1. The summed E-state index contributed by atoms with van der Waals surface area (Å²) in [7, 11) is 0. The third-order valence-electron chi connectivity index (χ3n) is 4.86. The molecular formula is C21H20FN7O. The first-order valence-electron chi connectivity index (χ1n) is 9.39. The number of hydrogen-bond acceptors (Lipinski definition) is 5. The average molecular weight is 405 g/mol. The van der Waals surface area contributed by atoms with E-state index in [1.54, 1.807) is 6.92 Å². The number of hydrogen-bond donors (Lipinski definition) is 1. The van der Waals surface area contributed by atoms with E-state index in [0.717, 1.165) is 22.6 Å². The summed E-state index contributed by atoms with van der Waals surface area (Å²) < 4.78 is 17.3. The first-order valence-corrected chi connectivity index (χ1v) is 9.39. The van der Waals surface area contributed by atoms with E-state index >= 15 is 0 Å². The lowest BCUT2D eigenvalue weighted by Crippen LogP contribution is -2.16. The summed E-state index contributed by atoms with van der Waals surface area (Å²) in [5, 5.41) is 18.5. The zero-order chi connectivity index (χ0) is 21.3. The van der Waals surface area contributed by atoms with E-state index in [2.05, 4.69) is 25.9 Å². The van der Waals surface area contributed by atoms with Gasteiger partial charge in [-0.3, -0.25) is 4.79 Å². The van der Waals surface area contributed by atoms with Gasteiger partial charge in [-0.05, 0) is 61.5 Å². The van der Waals surface area contributed by atoms with Crippen LogP contribution in [0.3, 0.4) is 0 Å². The number of halogens is 1. The third-order valence-corrected chi connectivity index (χ3v) is 4.86. The van der Waals surface area contributed by atoms with E-state index in [9.17, 15) is 9.18 Å². The molecule has 9 heteroatoms. The van der Waals surface area contributed by atoms with Crippen molar-refractivity contribution in [3.63, 3.8) is 0 Å². The van der Waals surface area contributed by atoms with Gasteiger partial charge in [-0.1, -0.05) is 18.2 Å². The smallest absolute Gasteiger partial charge is 0.228 e. The average Bonchev–Trinajstić information content (AvgIpc) is 3.28. The van der Waals surface area contributed by atoms with Crippen LogP contribution < -0.4 is 5.32 Å². The molecule has 0 aliphatic rings. The quantitative estimate of drug-likeness (QED) is 0.551. The lowest BCUT2D eigenvalue weighted by molar-refractivity contribution is -0.115. The van der Waals surface area contributed by atoms with Crippen LogP contribution in [0.1, 0.15) is 22.8 Å². The van der Waals surface area contributed by atoms with Gasteiger partial charge < -0.3 is 5.32 Å². The van der Waals surface area contributed by atoms with Crippen molar-refractivity contribution in [2.45, 2.75) is 27.2 Å². The number of aromatic nitrogens is 6. The summed E-state index contributed by atoms with van der Waals surface area (Å²) in [6.45, 7) is 5.48. The summed E-state index contributed by atoms with van der Waals surface area (Å²) in [6.07, 6.45) is 0.154. The van der Waals surface area contributed by atoms with Crippen molar-refractivity contribution in [1.82, 2.24) is 30.0 Å². The molecule has 0 radical (unpaired) electrons. The fourth-order valence-corrected chi connectivity index (χ4v) is 3.32. The van der Waals surface area contributed by atoms with Crippen molar-refractivity contribution in [3.8, 4) is 11.4 Å². The summed E-state index contributed by atoms with van der Waals surface area (Å²) in [4.78, 5) is 12.7. The molecule has 0 saturated carbocycles. The van der Waals surface area contributed by atoms with Crippen LogP contribution in [-0.4, -0.2) is 35.9 Å². The Labute approximate surface area is 172 Å². The fourth-order valence-electron chi connectivity index (χ4n) is 3.32. The number of rotatable bonds is 5. The normalized spacial score (nSPS) is 10.9. The number of aryl methyl sites for hydroxylation is 2. The van der Waals surface area contributed by atoms with E-state index in [0.29, 0.717) is 11.5 Å². The minimum Gasteiger partial charge on any atom is -0.326 e. The van der Waals surface area contributed by atoms with Gasteiger partial charge in [-0.25, -0.2) is 9.07 Å². The molecule has 8 nitrogen and oxygen atoms in total. The molecule has 4 rings (SSSR count). The molecule has 2 aromatic carbocycles. The van der Waals surface area contributed by atoms with Crippen molar-refractivity contribution < 1.29 is 9.18 Å². The summed E-state index contributed by atoms with van der Waals surface area (Å²) >= 11 is 0. The summed E-state index contributed by atoms with van der Waals surface area (Å²) in [5.41, 5.74) is 4.10. The standard InChI is InChI=1S/C21H20FN7O/c1-13-18(14(2)28(25-13)17-7-5-4-6-8-17)12-21(30)23-16-9-10-19(22)20(11-16)29-15(3)24-26-27-29/h4-11H,12H2,1-3H3,(H,23,30). The molecule has 0 aliphatic heterocycles. The Balaban J connectivity index is 1.55. The molecule has 0 saturated heterocycles. The maximum absolute atomic E-state index is 14.2. The van der Waals surface area contributed by atoms with Crippen LogP contribution in [0.15, 0.2) is 48.5 Å². The number of para-hydroxylation sites is 1. The first kappa shape index (κ1) is 19.4. The molecule has 152 valence electrons. The number of anilines is 1. The molecule has 2 heterocycles. The molecule has 2 aromatic heterocycles. The molecule has 0 aliphatic carbocycles. The summed E-state index contributed by atoms with van der Waals surface area (Å²) in [5.74, 6) is -0.268. The van der Waals surface area contributed by atoms with Crippen molar-refractivity contribution in [3.05, 3.63) is 77.1 Å². The van der Waals surface area contributed by atoms with Gasteiger partial charge in [0, 0.05) is 16.9 Å². The molecule has 0 fully saturated rings. The Kier molecular flexibility index (Phi) is 5.09. The number of nitrogens with one attached hydrogen (secondary N) is 1. The fraction of sp³-hybridized carbons (Fsp3) is 0.190. The van der Waals surface area contributed by atoms with Crippen molar-refractivity contribution in [2.75, 3.05) is 5.32 Å². The Morgan fingerprint density at radius 1 is 1.07 bits per heavy atom. The molecule has 0 bridgehead atoms. The predicted molar refractivity (Wildman–Crippen MR) is 109 cm³/mol. The van der Waals surface area contributed by atoms with Crippen molar-refractivity contribution in [2.24, 2.45) is 0 Å². The van der Waals surface area contributed by atoms with Crippen LogP contribution in [0, 0.1) is 26.6 Å². The predicted octanol–water partition coefficient (Wildman–Crippen LogP) is 3.09. The van der Waals surface area contributed by atoms with E-state index in [4.69, 9.17) is 0 Å². The van der Waals surface area contributed by atoms with Crippen molar-refractivity contribution in [1.29, 1.82) is 0 Å². The number of amides is 1. The molecular weight excluding hydrogens is 385 g/mol. The Bertz CT molecular complexity index is 1210. The molecule has 1 N–H and O–H groups in total. The number of tetrazole rings is 1. The molecule has 4 aromatic rings. The highest BCUT2D eigenvalue weighted by Gasteiger charge is 2.17. The zero-order valence-electron chi connectivity index (χ0n) is 16.8. The monoisotopic (exact) mass is 405 g/mol. The van der Waals surface area contributed by atoms with E-state index in [1.165, 1.54) is 22.9 Å². The van der Waals surface area contributed by atoms with Gasteiger partial charge in [-0.15, -0.1) is 5.10 Å². The van der Waals surface area contributed by atoms with Crippen LogP contribution >= 0.6 is 0 Å². The van der Waals surface area contributed by atoms with Gasteiger partial charge in [0.2, 0.25) is 5.91 Å². The minimum atomic E-state index is -0.487. The second kappa shape index (κ2) is 7.86. The largest absolute Gasteiger partial charge is 0.326 e. The number of nitrogens with zero attached hydrogens (tertiary/aromatic N) is 6. The van der Waals surface area contributed by atoms with E-state index < -0.39 is 5.82 Å². The second-order valence-electron chi connectivity index (χ2n) is 6.93. The second-order valence-corrected chi connectivity index (χ2v) is 6.93. The maximum Gasteiger partial charge on any atom is 0.228 e. The summed E-state index contributed by atoms with van der Waals surface area (Å²) in [6, 6.07) is 14.0. The highest BCUT2D eigenvalue weighted by Crippen LogP contribution is 2.21. The van der Waals surface area contributed by atoms with E-state index in [-0.39, 0.29) is 18.0 Å². The Morgan fingerprint density at radius 3 is 2.53 bits per heavy atom. The topological polar surface area (TPSA) is 90.5 Å². The van der Waals surface area contributed by atoms with Gasteiger partial charge in [0.25, 0.3) is 0 Å². The first-order chi connectivity index (χ1) is 14.4. The van der Waals surface area contributed by atoms with Gasteiger partial charge >= 0.3 is 0 Å². The van der Waals surface area contributed by atoms with E-state index in [1.807, 2.05) is 48.9 Å². The van der Waals surface area contributed by atoms with Gasteiger partial charge in [0.05, 0.1) is 17.8 Å². The van der Waals surface area contributed by atoms with Gasteiger partial charge in [0.15, 0.2) is 5.82 Å². The Hall–Kier alpha value is -3.88. The molecule has 30 heavy (non-hydrogen) atoms. The lowest BCUT2D eigenvalue weighted by Gasteiger charge is -2.09. The highest BCUT2D eigenvalue weighted by molar-refractivity contribution is 5.92. The SMILES string of the molecule is Cc1nn(-c2ccccc2)c(C)c1CC(=O)Nc1ccc(F)c(-n2nnnc2C)c1. The highest BCUT2D eigenvalue weighted by atomic mass is 19.1. The molecule has 1 amide bonds.